The van der Waals surface area contributed by atoms with Crippen LogP contribution in [0.25, 0.3) is 0 Å². The molecule has 0 aliphatic heterocycles. The number of hydrogen-bond acceptors (Lipinski definition) is 4. The van der Waals surface area contributed by atoms with Crippen LogP contribution in [0.2, 0.25) is 0 Å². The highest BCUT2D eigenvalue weighted by molar-refractivity contribution is 5.60. The molecule has 0 amide bonds. The first-order chi connectivity index (χ1) is 10.1. The molecule has 0 bridgehead atoms. The van der Waals surface area contributed by atoms with Gasteiger partial charge in [-0.25, -0.2) is 0 Å². The van der Waals surface area contributed by atoms with Crippen molar-refractivity contribution in [3.63, 3.8) is 0 Å². The van der Waals surface area contributed by atoms with E-state index in [4.69, 9.17) is 4.74 Å². The number of nitriles is 1. The molecule has 4 heteroatoms. The monoisotopic (exact) mass is 287 g/mol. The largest absolute Gasteiger partial charge is 0.377 e. The summed E-state index contributed by atoms with van der Waals surface area (Å²) in [5.41, 5.74) is 2.88. The number of hydrogen-bond donors (Lipinski definition) is 1. The van der Waals surface area contributed by atoms with Crippen LogP contribution in [-0.4, -0.2) is 32.3 Å². The Kier molecular flexibility index (Phi) is 5.60. The fourth-order valence-corrected chi connectivity index (χ4v) is 2.21. The zero-order chi connectivity index (χ0) is 15.2. The maximum absolute atomic E-state index is 9.37. The highest BCUT2D eigenvalue weighted by atomic mass is 16.5. The molecule has 1 aliphatic rings. The lowest BCUT2D eigenvalue weighted by atomic mass is 10.1. The van der Waals surface area contributed by atoms with Crippen molar-refractivity contribution in [3.8, 4) is 6.07 Å². The lowest BCUT2D eigenvalue weighted by molar-refractivity contribution is 0.0846. The molecule has 0 spiro atoms. The molecule has 21 heavy (non-hydrogen) atoms. The summed E-state index contributed by atoms with van der Waals surface area (Å²) in [6.07, 6.45) is 2.80. The summed E-state index contributed by atoms with van der Waals surface area (Å²) in [6.45, 7) is 6.36. The summed E-state index contributed by atoms with van der Waals surface area (Å²) in [6, 6.07) is 9.13. The molecule has 1 aromatic rings. The third-order valence-corrected chi connectivity index (χ3v) is 3.64. The molecule has 1 aliphatic carbocycles. The van der Waals surface area contributed by atoms with Crippen molar-refractivity contribution < 1.29 is 4.74 Å². The lowest BCUT2D eigenvalue weighted by Gasteiger charge is -2.21. The molecular weight excluding hydrogens is 262 g/mol. The maximum atomic E-state index is 9.37. The van der Waals surface area contributed by atoms with Gasteiger partial charge in [0.25, 0.3) is 0 Å². The Balaban J connectivity index is 1.95. The van der Waals surface area contributed by atoms with Crippen LogP contribution in [0.4, 0.5) is 5.69 Å². The fraction of sp³-hybridized carbons (Fsp3) is 0.588. The Hall–Kier alpha value is -1.57. The van der Waals surface area contributed by atoms with Gasteiger partial charge in [0.15, 0.2) is 0 Å². The van der Waals surface area contributed by atoms with E-state index in [1.807, 2.05) is 33.0 Å². The van der Waals surface area contributed by atoms with Crippen molar-refractivity contribution in [2.45, 2.75) is 45.4 Å². The van der Waals surface area contributed by atoms with Crippen LogP contribution in [0.15, 0.2) is 18.2 Å². The topological polar surface area (TPSA) is 48.3 Å². The number of nitrogens with zero attached hydrogens (tertiary/aromatic N) is 2. The molecule has 0 radical (unpaired) electrons. The molecule has 1 aromatic carbocycles. The van der Waals surface area contributed by atoms with Gasteiger partial charge in [-0.1, -0.05) is 6.07 Å². The van der Waals surface area contributed by atoms with E-state index >= 15 is 0 Å². The second-order valence-corrected chi connectivity index (χ2v) is 5.96. The minimum Gasteiger partial charge on any atom is -0.377 e. The van der Waals surface area contributed by atoms with Gasteiger partial charge in [0.05, 0.1) is 24.0 Å². The van der Waals surface area contributed by atoms with E-state index in [2.05, 4.69) is 22.4 Å². The number of ether oxygens (including phenoxy) is 1. The molecular formula is C17H25N3O. The molecule has 1 fully saturated rings. The van der Waals surface area contributed by atoms with E-state index in [0.717, 1.165) is 24.3 Å². The van der Waals surface area contributed by atoms with Gasteiger partial charge in [0, 0.05) is 26.2 Å². The molecule has 1 N–H and O–H groups in total. The predicted molar refractivity (Wildman–Crippen MR) is 85.4 cm³/mol. The predicted octanol–water partition coefficient (Wildman–Crippen LogP) is 2.67. The van der Waals surface area contributed by atoms with Crippen LogP contribution in [0.5, 0.6) is 0 Å². The first-order valence-corrected chi connectivity index (χ1v) is 7.69. The summed E-state index contributed by atoms with van der Waals surface area (Å²) < 4.78 is 5.57. The van der Waals surface area contributed by atoms with Crippen LogP contribution in [0.1, 0.15) is 37.8 Å². The van der Waals surface area contributed by atoms with E-state index in [1.54, 1.807) is 0 Å². The lowest BCUT2D eigenvalue weighted by Crippen LogP contribution is -2.24. The van der Waals surface area contributed by atoms with E-state index in [-0.39, 0.29) is 6.10 Å². The third-order valence-electron chi connectivity index (χ3n) is 3.64. The molecule has 0 saturated heterocycles. The third kappa shape index (κ3) is 5.04. The minimum atomic E-state index is 0.240. The molecule has 0 unspecified atom stereocenters. The van der Waals surface area contributed by atoms with Gasteiger partial charge in [0.2, 0.25) is 0 Å². The maximum Gasteiger partial charge on any atom is 0.101 e. The molecule has 0 aromatic heterocycles. The standard InChI is InChI=1S/C17H25N3O/c1-13(2)21-9-8-20(3)17-7-4-14(10-15(17)11-18)12-19-16-5-6-16/h4,7,10,13,16,19H,5-6,8-9,12H2,1-3H3. The molecule has 114 valence electrons. The number of anilines is 1. The van der Waals surface area contributed by atoms with Crippen LogP contribution in [0, 0.1) is 11.3 Å². The summed E-state index contributed by atoms with van der Waals surface area (Å²) >= 11 is 0. The van der Waals surface area contributed by atoms with Crippen molar-refractivity contribution in [3.05, 3.63) is 29.3 Å². The molecule has 4 nitrogen and oxygen atoms in total. The van der Waals surface area contributed by atoms with Crippen molar-refractivity contribution in [2.24, 2.45) is 0 Å². The average Bonchev–Trinajstić information content (AvgIpc) is 3.28. The van der Waals surface area contributed by atoms with Gasteiger partial charge in [-0.05, 0) is 44.4 Å². The highest BCUT2D eigenvalue weighted by Gasteiger charge is 2.20. The Labute approximate surface area is 127 Å². The minimum absolute atomic E-state index is 0.240. The van der Waals surface area contributed by atoms with Gasteiger partial charge in [-0.2, -0.15) is 5.26 Å². The van der Waals surface area contributed by atoms with Crippen molar-refractivity contribution >= 4 is 5.69 Å². The van der Waals surface area contributed by atoms with E-state index in [0.29, 0.717) is 12.6 Å². The van der Waals surface area contributed by atoms with Gasteiger partial charge in [-0.15, -0.1) is 0 Å². The number of benzene rings is 1. The second-order valence-electron chi connectivity index (χ2n) is 5.96. The van der Waals surface area contributed by atoms with Crippen molar-refractivity contribution in [1.82, 2.24) is 5.32 Å². The zero-order valence-electron chi connectivity index (χ0n) is 13.2. The van der Waals surface area contributed by atoms with Crippen LogP contribution in [0.3, 0.4) is 0 Å². The smallest absolute Gasteiger partial charge is 0.101 e. The molecule has 0 heterocycles. The summed E-state index contributed by atoms with van der Waals surface area (Å²) in [4.78, 5) is 2.08. The van der Waals surface area contributed by atoms with Gasteiger partial charge in [-0.3, -0.25) is 0 Å². The van der Waals surface area contributed by atoms with E-state index in [9.17, 15) is 5.26 Å². The van der Waals surface area contributed by atoms with Crippen LogP contribution < -0.4 is 10.2 Å². The average molecular weight is 287 g/mol. The van der Waals surface area contributed by atoms with E-state index in [1.165, 1.54) is 18.4 Å². The van der Waals surface area contributed by atoms with Gasteiger partial charge in [0.1, 0.15) is 6.07 Å². The van der Waals surface area contributed by atoms with Gasteiger partial charge >= 0.3 is 0 Å². The molecule has 0 atom stereocenters. The molecule has 1 saturated carbocycles. The van der Waals surface area contributed by atoms with Crippen molar-refractivity contribution in [2.75, 3.05) is 25.1 Å². The highest BCUT2D eigenvalue weighted by Crippen LogP contribution is 2.22. The fourth-order valence-electron chi connectivity index (χ4n) is 2.21. The Bertz CT molecular complexity index is 503. The summed E-state index contributed by atoms with van der Waals surface area (Å²) in [5, 5.41) is 12.8. The number of likely N-dealkylation sites (N-methyl/N-ethyl adjacent to an activating group) is 1. The van der Waals surface area contributed by atoms with Crippen LogP contribution >= 0.6 is 0 Å². The van der Waals surface area contributed by atoms with Crippen molar-refractivity contribution in [1.29, 1.82) is 5.26 Å². The summed E-state index contributed by atoms with van der Waals surface area (Å²) in [5.74, 6) is 0. The molecule has 2 rings (SSSR count). The van der Waals surface area contributed by atoms with Crippen LogP contribution in [-0.2, 0) is 11.3 Å². The Morgan fingerprint density at radius 1 is 1.43 bits per heavy atom. The second kappa shape index (κ2) is 7.44. The normalized spacial score (nSPS) is 14.2. The van der Waals surface area contributed by atoms with E-state index < -0.39 is 0 Å². The SMILES string of the molecule is CC(C)OCCN(C)c1ccc(CNC2CC2)cc1C#N. The summed E-state index contributed by atoms with van der Waals surface area (Å²) in [7, 11) is 2.00. The van der Waals surface area contributed by atoms with Gasteiger partial charge < -0.3 is 15.0 Å². The Morgan fingerprint density at radius 2 is 2.19 bits per heavy atom. The Morgan fingerprint density at radius 3 is 2.81 bits per heavy atom. The zero-order valence-corrected chi connectivity index (χ0v) is 13.2. The number of rotatable bonds is 8. The first-order valence-electron chi connectivity index (χ1n) is 7.69. The first kappa shape index (κ1) is 15.8. The number of nitrogens with one attached hydrogen (secondary N) is 1. The quantitative estimate of drug-likeness (QED) is 0.798.